The molecule has 4 heteroatoms. The molecule has 2 rings (SSSR count). The van der Waals surface area contributed by atoms with E-state index in [-0.39, 0.29) is 0 Å². The largest absolute Gasteiger partial charge is 0.383 e. The van der Waals surface area contributed by atoms with Crippen molar-refractivity contribution in [2.24, 2.45) is 0 Å². The molecular formula is C13H12BrClOS. The molecule has 0 aliphatic carbocycles. The Bertz CT molecular complexity index is 531. The molecule has 1 aromatic heterocycles. The minimum Gasteiger partial charge on any atom is -0.383 e. The molecule has 0 saturated carbocycles. The number of hydrogen-bond acceptors (Lipinski definition) is 2. The first-order valence-electron chi connectivity index (χ1n) is 5.19. The minimum absolute atomic E-state index is 0.608. The van der Waals surface area contributed by atoms with E-state index in [1.54, 1.807) is 0 Å². The van der Waals surface area contributed by atoms with Gasteiger partial charge in [-0.1, -0.05) is 29.8 Å². The number of benzene rings is 1. The van der Waals surface area contributed by atoms with Gasteiger partial charge in [0, 0.05) is 4.88 Å². The third-order valence-corrected chi connectivity index (χ3v) is 5.40. The molecule has 1 aromatic carbocycles. The van der Waals surface area contributed by atoms with Crippen LogP contribution in [0.1, 0.15) is 27.7 Å². The summed E-state index contributed by atoms with van der Waals surface area (Å²) in [7, 11) is 0. The molecule has 0 aliphatic rings. The Morgan fingerprint density at radius 1 is 1.35 bits per heavy atom. The quantitative estimate of drug-likeness (QED) is 0.833. The van der Waals surface area contributed by atoms with Crippen LogP contribution in [0.5, 0.6) is 0 Å². The fourth-order valence-electron chi connectivity index (χ4n) is 1.72. The normalized spacial score (nSPS) is 12.8. The average molecular weight is 332 g/mol. The van der Waals surface area contributed by atoms with E-state index in [1.165, 1.54) is 16.9 Å². The molecular weight excluding hydrogens is 320 g/mol. The van der Waals surface area contributed by atoms with Crippen LogP contribution in [0.4, 0.5) is 0 Å². The highest BCUT2D eigenvalue weighted by Crippen LogP contribution is 2.38. The van der Waals surface area contributed by atoms with Gasteiger partial charge >= 0.3 is 0 Å². The molecule has 1 unspecified atom stereocenters. The van der Waals surface area contributed by atoms with Crippen molar-refractivity contribution >= 4 is 38.9 Å². The molecule has 0 spiro atoms. The summed E-state index contributed by atoms with van der Waals surface area (Å²) in [5.74, 6) is 0. The van der Waals surface area contributed by atoms with Gasteiger partial charge in [0.05, 0.1) is 8.81 Å². The van der Waals surface area contributed by atoms with Gasteiger partial charge in [-0.3, -0.25) is 0 Å². The van der Waals surface area contributed by atoms with Crippen molar-refractivity contribution in [3.8, 4) is 0 Å². The van der Waals surface area contributed by atoms with Crippen LogP contribution in [0.15, 0.2) is 28.1 Å². The monoisotopic (exact) mass is 330 g/mol. The number of aliphatic hydroxyl groups is 1. The molecule has 2 aromatic rings. The standard InChI is InChI=1S/C13H12BrClOS/c1-7-4-3-5-9(8(7)2)12(16)11-6-10(15)13(14)17-11/h3-6,12,16H,1-2H3. The zero-order valence-corrected chi connectivity index (χ0v) is 12.7. The van der Waals surface area contributed by atoms with Crippen molar-refractivity contribution in [2.75, 3.05) is 0 Å². The van der Waals surface area contributed by atoms with E-state index in [1.807, 2.05) is 38.1 Å². The molecule has 0 fully saturated rings. The van der Waals surface area contributed by atoms with Crippen molar-refractivity contribution in [1.29, 1.82) is 0 Å². The third kappa shape index (κ3) is 2.58. The predicted molar refractivity (Wildman–Crippen MR) is 77.0 cm³/mol. The van der Waals surface area contributed by atoms with Gasteiger partial charge in [-0.25, -0.2) is 0 Å². The van der Waals surface area contributed by atoms with Crippen LogP contribution < -0.4 is 0 Å². The number of aryl methyl sites for hydroxylation is 1. The maximum absolute atomic E-state index is 10.4. The summed E-state index contributed by atoms with van der Waals surface area (Å²) in [6.07, 6.45) is -0.608. The fraction of sp³-hybridized carbons (Fsp3) is 0.231. The molecule has 1 atom stereocenters. The Balaban J connectivity index is 2.43. The minimum atomic E-state index is -0.608. The van der Waals surface area contributed by atoms with Gasteiger partial charge in [0.25, 0.3) is 0 Å². The molecule has 0 aliphatic heterocycles. The first-order valence-corrected chi connectivity index (χ1v) is 7.18. The van der Waals surface area contributed by atoms with E-state index in [0.29, 0.717) is 5.02 Å². The van der Waals surface area contributed by atoms with E-state index in [9.17, 15) is 5.11 Å². The van der Waals surface area contributed by atoms with Crippen LogP contribution in [0.25, 0.3) is 0 Å². The summed E-state index contributed by atoms with van der Waals surface area (Å²) in [5.41, 5.74) is 3.25. The highest BCUT2D eigenvalue weighted by molar-refractivity contribution is 9.11. The van der Waals surface area contributed by atoms with Gasteiger partial charge in [0.15, 0.2) is 0 Å². The molecule has 0 amide bonds. The van der Waals surface area contributed by atoms with E-state index in [4.69, 9.17) is 11.6 Å². The summed E-state index contributed by atoms with van der Waals surface area (Å²) in [4.78, 5) is 0.857. The van der Waals surface area contributed by atoms with Crippen LogP contribution in [0, 0.1) is 13.8 Å². The molecule has 0 saturated heterocycles. The predicted octanol–water partition coefficient (Wildman–Crippen LogP) is 4.86. The first kappa shape index (κ1) is 13.1. The first-order chi connectivity index (χ1) is 8.00. The van der Waals surface area contributed by atoms with Gasteiger partial charge in [-0.2, -0.15) is 0 Å². The summed E-state index contributed by atoms with van der Waals surface area (Å²) in [6.45, 7) is 4.07. The Morgan fingerprint density at radius 3 is 2.65 bits per heavy atom. The molecule has 0 bridgehead atoms. The second kappa shape index (κ2) is 5.11. The molecule has 1 N–H and O–H groups in total. The summed E-state index contributed by atoms with van der Waals surface area (Å²) >= 11 is 10.8. The summed E-state index contributed by atoms with van der Waals surface area (Å²) in [6, 6.07) is 7.77. The van der Waals surface area contributed by atoms with E-state index >= 15 is 0 Å². The second-order valence-corrected chi connectivity index (χ2v) is 6.77. The molecule has 1 nitrogen and oxygen atoms in total. The zero-order chi connectivity index (χ0) is 12.6. The van der Waals surface area contributed by atoms with Gasteiger partial charge in [-0.05, 0) is 52.5 Å². The number of rotatable bonds is 2. The Kier molecular flexibility index (Phi) is 3.93. The topological polar surface area (TPSA) is 20.2 Å². The SMILES string of the molecule is Cc1cccc(C(O)c2cc(Cl)c(Br)s2)c1C. The Hall–Kier alpha value is -0.350. The van der Waals surface area contributed by atoms with E-state index < -0.39 is 6.10 Å². The van der Waals surface area contributed by atoms with Crippen molar-refractivity contribution in [3.63, 3.8) is 0 Å². The van der Waals surface area contributed by atoms with E-state index in [0.717, 1.165) is 19.8 Å². The lowest BCUT2D eigenvalue weighted by molar-refractivity contribution is 0.223. The molecule has 17 heavy (non-hydrogen) atoms. The maximum Gasteiger partial charge on any atom is 0.114 e. The van der Waals surface area contributed by atoms with Crippen molar-refractivity contribution in [2.45, 2.75) is 20.0 Å². The van der Waals surface area contributed by atoms with Crippen LogP contribution in [-0.4, -0.2) is 5.11 Å². The Morgan fingerprint density at radius 2 is 2.06 bits per heavy atom. The number of halogens is 2. The lowest BCUT2D eigenvalue weighted by Crippen LogP contribution is -2.00. The van der Waals surface area contributed by atoms with Gasteiger partial charge in [-0.15, -0.1) is 11.3 Å². The number of aliphatic hydroxyl groups excluding tert-OH is 1. The molecule has 90 valence electrons. The fourth-order valence-corrected chi connectivity index (χ4v) is 3.47. The lowest BCUT2D eigenvalue weighted by Gasteiger charge is -2.13. The molecule has 0 radical (unpaired) electrons. The number of hydrogen-bond donors (Lipinski definition) is 1. The smallest absolute Gasteiger partial charge is 0.114 e. The molecule has 1 heterocycles. The van der Waals surface area contributed by atoms with Gasteiger partial charge in [0.2, 0.25) is 0 Å². The Labute approximate surface area is 118 Å². The van der Waals surface area contributed by atoms with Crippen LogP contribution in [-0.2, 0) is 0 Å². The van der Waals surface area contributed by atoms with Crippen LogP contribution >= 0.6 is 38.9 Å². The highest BCUT2D eigenvalue weighted by atomic mass is 79.9. The summed E-state index contributed by atoms with van der Waals surface area (Å²) in [5, 5.41) is 11.0. The van der Waals surface area contributed by atoms with Gasteiger partial charge < -0.3 is 5.11 Å². The third-order valence-electron chi connectivity index (χ3n) is 2.87. The highest BCUT2D eigenvalue weighted by Gasteiger charge is 2.17. The van der Waals surface area contributed by atoms with E-state index in [2.05, 4.69) is 15.9 Å². The lowest BCUT2D eigenvalue weighted by atomic mass is 9.98. The summed E-state index contributed by atoms with van der Waals surface area (Å²) < 4.78 is 0.860. The number of thiophene rings is 1. The van der Waals surface area contributed by atoms with Crippen molar-refractivity contribution < 1.29 is 5.11 Å². The van der Waals surface area contributed by atoms with Crippen LogP contribution in [0.2, 0.25) is 5.02 Å². The van der Waals surface area contributed by atoms with Crippen molar-refractivity contribution in [1.82, 2.24) is 0 Å². The van der Waals surface area contributed by atoms with Crippen molar-refractivity contribution in [3.05, 3.63) is 54.6 Å². The van der Waals surface area contributed by atoms with Gasteiger partial charge in [0.1, 0.15) is 6.10 Å². The van der Waals surface area contributed by atoms with Crippen LogP contribution in [0.3, 0.4) is 0 Å². The average Bonchev–Trinajstić information content (AvgIpc) is 2.62. The second-order valence-electron chi connectivity index (χ2n) is 3.96. The zero-order valence-electron chi connectivity index (χ0n) is 9.50. The maximum atomic E-state index is 10.4.